The molecular weight excluding hydrogens is 619 g/mol. The Bertz CT molecular complexity index is 437. The van der Waals surface area contributed by atoms with Gasteiger partial charge >= 0.3 is 80.3 Å². The van der Waals surface area contributed by atoms with Crippen LogP contribution in [-0.4, -0.2) is 90.1 Å². The Balaban J connectivity index is -0.000000183. The van der Waals surface area contributed by atoms with Gasteiger partial charge in [-0.1, -0.05) is 40.0 Å². The molecule has 0 aliphatic rings. The van der Waals surface area contributed by atoms with E-state index in [0.717, 1.165) is 43.0 Å². The summed E-state index contributed by atoms with van der Waals surface area (Å²) in [5.41, 5.74) is 0. The van der Waals surface area contributed by atoms with Gasteiger partial charge < -0.3 is 14.2 Å². The molecule has 0 aromatic heterocycles. The molecule has 12 heteroatoms. The molecule has 8 nitrogen and oxygen atoms in total. The van der Waals surface area contributed by atoms with Gasteiger partial charge in [0.1, 0.15) is 0 Å². The van der Waals surface area contributed by atoms with Gasteiger partial charge in [-0.2, -0.15) is 37.9 Å². The van der Waals surface area contributed by atoms with Crippen molar-refractivity contribution in [2.24, 2.45) is 0 Å². The Morgan fingerprint density at radius 2 is 0.886 bits per heavy atom. The first-order valence-corrected chi connectivity index (χ1v) is 15.7. The van der Waals surface area contributed by atoms with Crippen LogP contribution in [0.25, 0.3) is 0 Å². The fourth-order valence-corrected chi connectivity index (χ4v) is 2.32. The van der Waals surface area contributed by atoms with E-state index in [4.69, 9.17) is 14.2 Å². The van der Waals surface area contributed by atoms with Gasteiger partial charge in [-0.25, -0.2) is 0 Å². The molecule has 3 radical (unpaired) electrons. The Hall–Kier alpha value is -0.271. The van der Waals surface area contributed by atoms with Crippen LogP contribution in [-0.2, 0) is 38.1 Å². The topological polar surface area (TPSA) is 105 Å². The van der Waals surface area contributed by atoms with Crippen molar-refractivity contribution >= 4 is 84.3 Å². The van der Waals surface area contributed by atoms with Crippen molar-refractivity contribution in [1.29, 1.82) is 0 Å². The summed E-state index contributed by atoms with van der Waals surface area (Å²) in [5, 5.41) is 0. The Morgan fingerprint density at radius 1 is 0.571 bits per heavy atom. The number of ether oxygens (including phenoxy) is 4. The standard InChI is InChI=1S/3C6H12O2S.C5H9O2.Sn/c3*1-2-3-4-8-6(7)5-9;1-3-5(6)7-4-2;/h3*9H,2-5H2,1H3;1,3-4H2,2H3;. The van der Waals surface area contributed by atoms with Gasteiger partial charge in [0, 0.05) is 0 Å². The van der Waals surface area contributed by atoms with E-state index in [1.165, 1.54) is 22.5 Å². The first-order valence-electron chi connectivity index (χ1n) is 11.8. The Labute approximate surface area is 242 Å². The summed E-state index contributed by atoms with van der Waals surface area (Å²) in [6, 6.07) is 0. The van der Waals surface area contributed by atoms with Crippen LogP contribution in [0.2, 0.25) is 4.44 Å². The quantitative estimate of drug-likeness (QED) is 0.0783. The van der Waals surface area contributed by atoms with Gasteiger partial charge in [0.15, 0.2) is 0 Å². The number of hydrogen-bond donors (Lipinski definition) is 3. The number of unbranched alkanes of at least 4 members (excludes halogenated alkanes) is 3. The molecule has 0 spiro atoms. The van der Waals surface area contributed by atoms with Crippen molar-refractivity contribution in [2.75, 3.05) is 43.7 Å². The molecule has 207 valence electrons. The van der Waals surface area contributed by atoms with E-state index < -0.39 is 0 Å². The third-order valence-corrected chi connectivity index (χ3v) is 4.79. The van der Waals surface area contributed by atoms with Crippen LogP contribution in [0.15, 0.2) is 0 Å². The molecule has 0 saturated carbocycles. The summed E-state index contributed by atoms with van der Waals surface area (Å²) in [5.74, 6) is -0.202. The summed E-state index contributed by atoms with van der Waals surface area (Å²) >= 11 is 12.6. The predicted octanol–water partition coefficient (Wildman–Crippen LogP) is 4.30. The summed E-state index contributed by atoms with van der Waals surface area (Å²) in [7, 11) is 0. The third-order valence-electron chi connectivity index (χ3n) is 3.30. The van der Waals surface area contributed by atoms with E-state index in [0.29, 0.717) is 32.8 Å². The molecule has 0 atom stereocenters. The monoisotopic (exact) mass is 665 g/mol. The molecule has 0 aliphatic heterocycles. The second-order valence-electron chi connectivity index (χ2n) is 6.50. The minimum absolute atomic E-state index is 0.0655. The maximum atomic E-state index is 10.4. The van der Waals surface area contributed by atoms with E-state index in [-0.39, 0.29) is 41.1 Å². The van der Waals surface area contributed by atoms with E-state index in [2.05, 4.69) is 63.4 Å². The molecule has 0 amide bonds. The molecule has 0 fully saturated rings. The number of carbonyl (C=O) groups excluding carboxylic acids is 4. The van der Waals surface area contributed by atoms with Crippen molar-refractivity contribution in [2.45, 2.75) is 77.1 Å². The molecule has 0 N–H and O–H groups in total. The van der Waals surface area contributed by atoms with E-state index in [1.54, 1.807) is 0 Å². The predicted molar refractivity (Wildman–Crippen MR) is 151 cm³/mol. The van der Waals surface area contributed by atoms with Gasteiger partial charge in [-0.05, 0) is 19.3 Å². The summed E-state index contributed by atoms with van der Waals surface area (Å²) in [4.78, 5) is 41.6. The average molecular weight is 665 g/mol. The van der Waals surface area contributed by atoms with Crippen LogP contribution in [0.3, 0.4) is 0 Å². The van der Waals surface area contributed by atoms with Crippen LogP contribution < -0.4 is 0 Å². The second-order valence-corrected chi connectivity index (χ2v) is 8.88. The molecular formula is C23H45O8S3Sn. The molecule has 0 heterocycles. The van der Waals surface area contributed by atoms with E-state index >= 15 is 0 Å². The van der Waals surface area contributed by atoms with Crippen molar-refractivity contribution in [3.8, 4) is 0 Å². The van der Waals surface area contributed by atoms with E-state index in [1.807, 2.05) is 6.92 Å². The molecule has 35 heavy (non-hydrogen) atoms. The van der Waals surface area contributed by atoms with Crippen molar-refractivity contribution in [1.82, 2.24) is 0 Å². The van der Waals surface area contributed by atoms with Gasteiger partial charge in [0.25, 0.3) is 0 Å². The number of rotatable bonds is 15. The van der Waals surface area contributed by atoms with Gasteiger partial charge in [-0.3, -0.25) is 14.4 Å². The zero-order chi connectivity index (χ0) is 27.7. The minimum atomic E-state index is -0.230. The van der Waals surface area contributed by atoms with E-state index in [9.17, 15) is 19.2 Å². The maximum absolute atomic E-state index is 10.4. The SMILES string of the molecule is CCCCOC(=O)CS.CCCCOC(=O)CS.CCCCOC(=O)CS.CCOC(=O)C[CH2][Sn]. The Morgan fingerprint density at radius 3 is 1.09 bits per heavy atom. The van der Waals surface area contributed by atoms with Crippen LogP contribution in [0, 0.1) is 0 Å². The average Bonchev–Trinajstić information content (AvgIpc) is 2.85. The first kappa shape index (κ1) is 41.8. The van der Waals surface area contributed by atoms with Crippen LogP contribution >= 0.6 is 37.9 Å². The molecule has 0 bridgehead atoms. The van der Waals surface area contributed by atoms with Crippen molar-refractivity contribution < 1.29 is 38.1 Å². The normalized spacial score (nSPS) is 9.03. The number of esters is 4. The summed E-state index contributed by atoms with van der Waals surface area (Å²) < 4.78 is 19.8. The van der Waals surface area contributed by atoms with Gasteiger partial charge in [0.2, 0.25) is 0 Å². The van der Waals surface area contributed by atoms with Gasteiger partial charge in [0.05, 0.1) is 37.1 Å². The van der Waals surface area contributed by atoms with Crippen molar-refractivity contribution in [3.63, 3.8) is 0 Å². The molecule has 0 rings (SSSR count). The number of hydrogen-bond acceptors (Lipinski definition) is 11. The fourth-order valence-electron chi connectivity index (χ4n) is 1.46. The fraction of sp³-hybridized carbons (Fsp3) is 0.826. The molecule has 0 aliphatic carbocycles. The molecule has 0 aromatic carbocycles. The van der Waals surface area contributed by atoms with Crippen molar-refractivity contribution in [3.05, 3.63) is 0 Å². The number of carbonyl (C=O) groups is 4. The summed E-state index contributed by atoms with van der Waals surface area (Å²) in [6.45, 7) is 10.1. The van der Waals surface area contributed by atoms with Crippen LogP contribution in [0.1, 0.15) is 72.6 Å². The van der Waals surface area contributed by atoms with Gasteiger partial charge in [-0.15, -0.1) is 0 Å². The molecule has 0 unspecified atom stereocenters. The first-order chi connectivity index (χ1) is 16.7. The van der Waals surface area contributed by atoms with Crippen LogP contribution in [0.5, 0.6) is 0 Å². The number of thiol groups is 3. The van der Waals surface area contributed by atoms with Crippen LogP contribution in [0.4, 0.5) is 0 Å². The Kier molecular flexibility index (Phi) is 45.7. The zero-order valence-electron chi connectivity index (χ0n) is 21.7. The zero-order valence-corrected chi connectivity index (χ0v) is 27.3. The molecule has 0 saturated heterocycles. The molecule has 0 aromatic rings. The second kappa shape index (κ2) is 38.3. The third kappa shape index (κ3) is 47.5. The summed E-state index contributed by atoms with van der Waals surface area (Å²) in [6.07, 6.45) is 6.59.